The average Bonchev–Trinajstić information content (AvgIpc) is 2.89. The number of aromatic nitrogens is 3. The van der Waals surface area contributed by atoms with Gasteiger partial charge >= 0.3 is 0 Å². The molecule has 2 N–H and O–H groups in total. The first-order valence-electron chi connectivity index (χ1n) is 7.32. The Morgan fingerprint density at radius 1 is 1.33 bits per heavy atom. The summed E-state index contributed by atoms with van der Waals surface area (Å²) in [7, 11) is 0. The van der Waals surface area contributed by atoms with Crippen LogP contribution in [0.5, 0.6) is 0 Å². The van der Waals surface area contributed by atoms with Gasteiger partial charge in [0.15, 0.2) is 0 Å². The molecule has 1 aromatic heterocycles. The molecule has 0 aliphatic carbocycles. The maximum Gasteiger partial charge on any atom is 0.132 e. The van der Waals surface area contributed by atoms with Crippen LogP contribution in [0.2, 0.25) is 0 Å². The summed E-state index contributed by atoms with van der Waals surface area (Å²) in [5, 5.41) is 8.21. The van der Waals surface area contributed by atoms with E-state index >= 15 is 0 Å². The molecule has 2 aromatic rings. The summed E-state index contributed by atoms with van der Waals surface area (Å²) >= 11 is 0. The third-order valence-electron chi connectivity index (χ3n) is 4.52. The third kappa shape index (κ3) is 2.02. The van der Waals surface area contributed by atoms with Gasteiger partial charge in [0.25, 0.3) is 0 Å². The normalized spacial score (nSPS) is 22.8. The zero-order valence-electron chi connectivity index (χ0n) is 12.1. The number of anilines is 1. The minimum absolute atomic E-state index is 0.0624. The highest BCUT2D eigenvalue weighted by Crippen LogP contribution is 2.36. The number of nitrogens with zero attached hydrogens (tertiary/aromatic N) is 4. The highest BCUT2D eigenvalue weighted by Gasteiger charge is 2.37. The van der Waals surface area contributed by atoms with Gasteiger partial charge in [-0.2, -0.15) is 0 Å². The summed E-state index contributed by atoms with van der Waals surface area (Å²) in [4.78, 5) is 2.46. The Labute approximate surface area is 123 Å². The molecule has 0 amide bonds. The summed E-state index contributed by atoms with van der Waals surface area (Å²) in [6.07, 6.45) is 4.75. The van der Waals surface area contributed by atoms with E-state index < -0.39 is 0 Å². The molecule has 0 bridgehead atoms. The zero-order chi connectivity index (χ0) is 14.4. The van der Waals surface area contributed by atoms with Crippen molar-refractivity contribution >= 4 is 5.69 Å². The van der Waals surface area contributed by atoms with Gasteiger partial charge in [-0.3, -0.25) is 4.90 Å². The van der Waals surface area contributed by atoms with E-state index in [9.17, 15) is 0 Å². The monoisotopic (exact) mass is 285 g/mol. The predicted octanol–water partition coefficient (Wildman–Crippen LogP) is 0.973. The fourth-order valence-electron chi connectivity index (χ4n) is 3.43. The number of aryl methyl sites for hydroxylation is 1. The quantitative estimate of drug-likeness (QED) is 0.833. The summed E-state index contributed by atoms with van der Waals surface area (Å²) in [5.41, 5.74) is 10.8. The van der Waals surface area contributed by atoms with E-state index in [-0.39, 0.29) is 6.17 Å². The summed E-state index contributed by atoms with van der Waals surface area (Å²) in [6.45, 7) is 4.73. The van der Waals surface area contributed by atoms with Crippen LogP contribution in [0.1, 0.15) is 22.9 Å². The molecule has 0 saturated carbocycles. The molecule has 4 rings (SSSR count). The molecule has 1 aromatic carbocycles. The van der Waals surface area contributed by atoms with Crippen LogP contribution >= 0.6 is 0 Å². The molecule has 110 valence electrons. The van der Waals surface area contributed by atoms with Crippen LogP contribution < -0.4 is 5.73 Å². The van der Waals surface area contributed by atoms with Crippen molar-refractivity contribution in [2.45, 2.75) is 25.6 Å². The second-order valence-electron chi connectivity index (χ2n) is 5.84. The lowest BCUT2D eigenvalue weighted by Crippen LogP contribution is -2.54. The lowest BCUT2D eigenvalue weighted by atomic mass is 9.91. The van der Waals surface area contributed by atoms with Gasteiger partial charge in [0.1, 0.15) is 6.17 Å². The predicted molar refractivity (Wildman–Crippen MR) is 78.8 cm³/mol. The van der Waals surface area contributed by atoms with E-state index in [1.807, 2.05) is 10.9 Å². The van der Waals surface area contributed by atoms with Gasteiger partial charge < -0.3 is 10.5 Å². The van der Waals surface area contributed by atoms with Gasteiger partial charge in [-0.25, -0.2) is 4.68 Å². The Morgan fingerprint density at radius 3 is 2.86 bits per heavy atom. The average molecular weight is 285 g/mol. The largest absolute Gasteiger partial charge is 0.399 e. The molecule has 6 heteroatoms. The highest BCUT2D eigenvalue weighted by molar-refractivity contribution is 5.51. The molecule has 1 atom stereocenters. The van der Waals surface area contributed by atoms with E-state index in [4.69, 9.17) is 10.5 Å². The van der Waals surface area contributed by atoms with Crippen LogP contribution in [-0.4, -0.2) is 45.7 Å². The maximum atomic E-state index is 6.08. The van der Waals surface area contributed by atoms with Gasteiger partial charge in [0, 0.05) is 18.4 Å². The smallest absolute Gasteiger partial charge is 0.132 e. The van der Waals surface area contributed by atoms with Gasteiger partial charge in [-0.1, -0.05) is 5.21 Å². The molecule has 21 heavy (non-hydrogen) atoms. The van der Waals surface area contributed by atoms with E-state index in [1.54, 1.807) is 6.20 Å². The van der Waals surface area contributed by atoms with Crippen molar-refractivity contribution in [2.24, 2.45) is 0 Å². The minimum Gasteiger partial charge on any atom is -0.399 e. The van der Waals surface area contributed by atoms with Crippen molar-refractivity contribution in [1.29, 1.82) is 0 Å². The minimum atomic E-state index is 0.0624. The Kier molecular flexibility index (Phi) is 2.94. The third-order valence-corrected chi connectivity index (χ3v) is 4.52. The second-order valence-corrected chi connectivity index (χ2v) is 5.84. The molecule has 2 aliphatic heterocycles. The fraction of sp³-hybridized carbons (Fsp3) is 0.467. The van der Waals surface area contributed by atoms with E-state index in [2.05, 4.69) is 34.3 Å². The first-order chi connectivity index (χ1) is 10.2. The molecule has 6 nitrogen and oxygen atoms in total. The summed E-state index contributed by atoms with van der Waals surface area (Å²) in [6, 6.07) is 4.59. The molecule has 0 spiro atoms. The molecule has 1 saturated heterocycles. The first kappa shape index (κ1) is 12.8. The standard InChI is InChI=1S/C15H19N5O/c1-10-6-11(16)7-14-13(10)2-4-19(12-8-21-9-12)15(14)20-5-3-17-18-20/h3,5-7,12,15H,2,4,8-9,16H2,1H3. The summed E-state index contributed by atoms with van der Waals surface area (Å²) < 4.78 is 7.30. The number of benzene rings is 1. The van der Waals surface area contributed by atoms with Crippen LogP contribution in [-0.2, 0) is 11.2 Å². The van der Waals surface area contributed by atoms with Crippen LogP contribution in [0, 0.1) is 6.92 Å². The molecule has 1 unspecified atom stereocenters. The Hall–Kier alpha value is -1.92. The van der Waals surface area contributed by atoms with Gasteiger partial charge in [-0.15, -0.1) is 5.10 Å². The topological polar surface area (TPSA) is 69.2 Å². The first-order valence-corrected chi connectivity index (χ1v) is 7.32. The Morgan fingerprint density at radius 2 is 2.19 bits per heavy atom. The second kappa shape index (κ2) is 4.82. The SMILES string of the molecule is Cc1cc(N)cc2c1CCN(C1COC1)C2n1ccnn1. The van der Waals surface area contributed by atoms with Crippen molar-refractivity contribution in [2.75, 3.05) is 25.5 Å². The Balaban J connectivity index is 1.84. The molecule has 3 heterocycles. The summed E-state index contributed by atoms with van der Waals surface area (Å²) in [5.74, 6) is 0. The highest BCUT2D eigenvalue weighted by atomic mass is 16.5. The van der Waals surface area contributed by atoms with Gasteiger partial charge in [0.2, 0.25) is 0 Å². The van der Waals surface area contributed by atoms with Gasteiger partial charge in [0.05, 0.1) is 25.5 Å². The molecular formula is C15H19N5O. The van der Waals surface area contributed by atoms with Crippen LogP contribution in [0.15, 0.2) is 24.5 Å². The van der Waals surface area contributed by atoms with Crippen LogP contribution in [0.25, 0.3) is 0 Å². The maximum absolute atomic E-state index is 6.08. The van der Waals surface area contributed by atoms with Crippen molar-refractivity contribution < 1.29 is 4.74 Å². The van der Waals surface area contributed by atoms with E-state index in [0.717, 1.165) is 31.9 Å². The van der Waals surface area contributed by atoms with Crippen molar-refractivity contribution in [3.05, 3.63) is 41.2 Å². The fourth-order valence-corrected chi connectivity index (χ4v) is 3.43. The number of fused-ring (bicyclic) bond motifs is 1. The van der Waals surface area contributed by atoms with Crippen molar-refractivity contribution in [1.82, 2.24) is 19.9 Å². The number of hydrogen-bond acceptors (Lipinski definition) is 5. The van der Waals surface area contributed by atoms with Gasteiger partial charge in [-0.05, 0) is 42.2 Å². The van der Waals surface area contributed by atoms with Crippen molar-refractivity contribution in [3.8, 4) is 0 Å². The number of hydrogen-bond donors (Lipinski definition) is 1. The number of nitrogens with two attached hydrogens (primary N) is 1. The molecule has 2 aliphatic rings. The molecule has 0 radical (unpaired) electrons. The number of nitrogen functional groups attached to an aromatic ring is 1. The van der Waals surface area contributed by atoms with Crippen LogP contribution in [0.4, 0.5) is 5.69 Å². The Bertz CT molecular complexity index is 650. The lowest BCUT2D eigenvalue weighted by Gasteiger charge is -2.45. The number of rotatable bonds is 2. The van der Waals surface area contributed by atoms with Crippen molar-refractivity contribution in [3.63, 3.8) is 0 Å². The lowest BCUT2D eigenvalue weighted by molar-refractivity contribution is -0.0886. The zero-order valence-corrected chi connectivity index (χ0v) is 12.1. The van der Waals surface area contributed by atoms with Crippen LogP contribution in [0.3, 0.4) is 0 Å². The molecular weight excluding hydrogens is 266 g/mol. The van der Waals surface area contributed by atoms with E-state index in [1.165, 1.54) is 16.7 Å². The number of ether oxygens (including phenoxy) is 1. The molecule has 1 fully saturated rings. The van der Waals surface area contributed by atoms with E-state index in [0.29, 0.717) is 6.04 Å².